The summed E-state index contributed by atoms with van der Waals surface area (Å²) in [6.45, 7) is 1.64. The van der Waals surface area contributed by atoms with E-state index in [1.165, 1.54) is 0 Å². The molecule has 0 atom stereocenters. The Bertz CT molecular complexity index is 420. The van der Waals surface area contributed by atoms with Gasteiger partial charge < -0.3 is 15.2 Å². The molecule has 2 N–H and O–H groups in total. The number of nitrogens with zero attached hydrogens (tertiary/aromatic N) is 1. The second-order valence-electron chi connectivity index (χ2n) is 2.88. The molecule has 0 saturated carbocycles. The maximum Gasteiger partial charge on any atom is 0.573 e. The lowest BCUT2D eigenvalue weighted by molar-refractivity contribution is -0.274. The van der Waals surface area contributed by atoms with Crippen molar-refractivity contribution in [2.75, 3.05) is 12.3 Å². The molecule has 1 rings (SSSR count). The first-order valence-electron chi connectivity index (χ1n) is 4.52. The van der Waals surface area contributed by atoms with Gasteiger partial charge in [0, 0.05) is 6.07 Å². The van der Waals surface area contributed by atoms with Crippen molar-refractivity contribution in [1.29, 1.82) is 0 Å². The van der Waals surface area contributed by atoms with Gasteiger partial charge in [-0.15, -0.1) is 13.2 Å². The van der Waals surface area contributed by atoms with Gasteiger partial charge in [-0.25, -0.2) is 9.78 Å². The molecule has 0 radical (unpaired) electrons. The van der Waals surface area contributed by atoms with Crippen molar-refractivity contribution in [3.8, 4) is 5.75 Å². The first-order valence-corrected chi connectivity index (χ1v) is 4.52. The quantitative estimate of drug-likeness (QED) is 0.827. The average molecular weight is 250 g/mol. The molecule has 0 aliphatic heterocycles. The van der Waals surface area contributed by atoms with E-state index in [0.29, 0.717) is 0 Å². The van der Waals surface area contributed by atoms with Gasteiger partial charge in [-0.2, -0.15) is 0 Å². The molecule has 0 aliphatic rings. The number of nitrogen functional groups attached to an aromatic ring is 1. The molecule has 1 heterocycles. The van der Waals surface area contributed by atoms with Gasteiger partial charge in [-0.1, -0.05) is 0 Å². The van der Waals surface area contributed by atoms with Crippen LogP contribution in [0.25, 0.3) is 0 Å². The number of ether oxygens (including phenoxy) is 2. The molecular formula is C9H9F3N2O3. The van der Waals surface area contributed by atoms with E-state index in [1.807, 2.05) is 0 Å². The molecule has 0 spiro atoms. The van der Waals surface area contributed by atoms with Crippen molar-refractivity contribution in [3.63, 3.8) is 0 Å². The predicted octanol–water partition coefficient (Wildman–Crippen LogP) is 1.74. The topological polar surface area (TPSA) is 74.4 Å². The second kappa shape index (κ2) is 4.89. The minimum atomic E-state index is -4.89. The van der Waals surface area contributed by atoms with E-state index >= 15 is 0 Å². The summed E-state index contributed by atoms with van der Waals surface area (Å²) in [7, 11) is 0. The minimum absolute atomic E-state index is 0.0837. The molecule has 94 valence electrons. The number of alkyl halides is 3. The highest BCUT2D eigenvalue weighted by molar-refractivity contribution is 5.88. The number of anilines is 1. The zero-order valence-electron chi connectivity index (χ0n) is 8.75. The number of aromatic nitrogens is 1. The fourth-order valence-electron chi connectivity index (χ4n) is 0.977. The third kappa shape index (κ3) is 3.82. The van der Waals surface area contributed by atoms with Gasteiger partial charge in [0.2, 0.25) is 0 Å². The van der Waals surface area contributed by atoms with E-state index in [9.17, 15) is 18.0 Å². The van der Waals surface area contributed by atoms with E-state index in [1.54, 1.807) is 6.92 Å². The third-order valence-electron chi connectivity index (χ3n) is 1.61. The first-order chi connectivity index (χ1) is 7.83. The molecule has 5 nitrogen and oxygen atoms in total. The summed E-state index contributed by atoms with van der Waals surface area (Å²) >= 11 is 0. The van der Waals surface area contributed by atoms with Crippen LogP contribution in [-0.4, -0.2) is 23.9 Å². The summed E-state index contributed by atoms with van der Waals surface area (Å²) in [5.41, 5.74) is 4.60. The van der Waals surface area contributed by atoms with Crippen molar-refractivity contribution in [2.45, 2.75) is 13.3 Å². The molecular weight excluding hydrogens is 241 g/mol. The summed E-state index contributed by atoms with van der Waals surface area (Å²) in [4.78, 5) is 14.8. The molecule has 0 bridgehead atoms. The first kappa shape index (κ1) is 13.1. The fraction of sp³-hybridized carbons (Fsp3) is 0.333. The van der Waals surface area contributed by atoms with E-state index < -0.39 is 18.1 Å². The van der Waals surface area contributed by atoms with Crippen LogP contribution in [0.5, 0.6) is 5.75 Å². The summed E-state index contributed by atoms with van der Waals surface area (Å²) in [5.74, 6) is -1.53. The fourth-order valence-corrected chi connectivity index (χ4v) is 0.977. The largest absolute Gasteiger partial charge is 0.573 e. The number of rotatable bonds is 3. The smallest absolute Gasteiger partial charge is 0.461 e. The highest BCUT2D eigenvalue weighted by Gasteiger charge is 2.32. The average Bonchev–Trinajstić information content (AvgIpc) is 2.19. The Hall–Kier alpha value is -1.99. The maximum absolute atomic E-state index is 12.0. The molecule has 17 heavy (non-hydrogen) atoms. The van der Waals surface area contributed by atoms with E-state index in [0.717, 1.165) is 12.3 Å². The zero-order valence-corrected chi connectivity index (χ0v) is 8.75. The Morgan fingerprint density at radius 3 is 2.71 bits per heavy atom. The van der Waals surface area contributed by atoms with Crippen LogP contribution < -0.4 is 10.5 Å². The minimum Gasteiger partial charge on any atom is -0.461 e. The van der Waals surface area contributed by atoms with Crippen LogP contribution in [0.4, 0.5) is 18.9 Å². The Morgan fingerprint density at radius 2 is 2.18 bits per heavy atom. The van der Waals surface area contributed by atoms with Crippen LogP contribution in [0.15, 0.2) is 12.3 Å². The van der Waals surface area contributed by atoms with Crippen molar-refractivity contribution in [1.82, 2.24) is 4.98 Å². The molecule has 0 amide bonds. The zero-order chi connectivity index (χ0) is 13.1. The predicted molar refractivity (Wildman–Crippen MR) is 51.3 cm³/mol. The number of hydrogen-bond donors (Lipinski definition) is 1. The summed E-state index contributed by atoms with van der Waals surface area (Å²) in [5, 5.41) is 0. The number of carbonyl (C=O) groups is 1. The van der Waals surface area contributed by atoms with Gasteiger partial charge in [-0.05, 0) is 6.92 Å². The normalized spacial score (nSPS) is 11.1. The van der Waals surface area contributed by atoms with E-state index in [4.69, 9.17) is 5.73 Å². The lowest BCUT2D eigenvalue weighted by Gasteiger charge is -2.11. The van der Waals surface area contributed by atoms with Crippen LogP contribution in [0, 0.1) is 0 Å². The molecule has 1 aromatic heterocycles. The van der Waals surface area contributed by atoms with Crippen LogP contribution in [0.1, 0.15) is 17.4 Å². The van der Waals surface area contributed by atoms with Gasteiger partial charge in [0.1, 0.15) is 0 Å². The van der Waals surface area contributed by atoms with Gasteiger partial charge in [0.05, 0.1) is 18.5 Å². The summed E-state index contributed by atoms with van der Waals surface area (Å²) in [6.07, 6.45) is -3.99. The van der Waals surface area contributed by atoms with E-state index in [-0.39, 0.29) is 18.0 Å². The molecule has 0 unspecified atom stereocenters. The number of halogens is 3. The Balaban J connectivity index is 2.98. The summed E-state index contributed by atoms with van der Waals surface area (Å²) < 4.78 is 44.2. The SMILES string of the molecule is CCOC(=O)c1cc(OC(F)(F)F)c(N)cn1. The van der Waals surface area contributed by atoms with Crippen LogP contribution in [0.2, 0.25) is 0 Å². The van der Waals surface area contributed by atoms with Crippen molar-refractivity contribution >= 4 is 11.7 Å². The molecule has 1 aromatic rings. The van der Waals surface area contributed by atoms with Crippen molar-refractivity contribution in [2.24, 2.45) is 0 Å². The Labute approximate surface area is 94.3 Å². The van der Waals surface area contributed by atoms with Gasteiger partial charge >= 0.3 is 12.3 Å². The lowest BCUT2D eigenvalue weighted by Crippen LogP contribution is -2.19. The molecule has 8 heteroatoms. The van der Waals surface area contributed by atoms with E-state index in [2.05, 4.69) is 14.5 Å². The highest BCUT2D eigenvalue weighted by atomic mass is 19.4. The highest BCUT2D eigenvalue weighted by Crippen LogP contribution is 2.28. The lowest BCUT2D eigenvalue weighted by atomic mass is 10.3. The van der Waals surface area contributed by atoms with Gasteiger partial charge in [0.25, 0.3) is 0 Å². The Kier molecular flexibility index (Phi) is 3.77. The maximum atomic E-state index is 12.0. The second-order valence-corrected chi connectivity index (χ2v) is 2.88. The molecule has 0 saturated heterocycles. The Morgan fingerprint density at radius 1 is 1.53 bits per heavy atom. The summed E-state index contributed by atoms with van der Waals surface area (Å²) in [6, 6.07) is 0.779. The number of carbonyl (C=O) groups excluding carboxylic acids is 1. The standard InChI is InChI=1S/C9H9F3N2O3/c1-2-16-8(15)6-3-7(5(13)4-14-6)17-9(10,11)12/h3-4H,2,13H2,1H3. The van der Waals surface area contributed by atoms with Crippen LogP contribution in [-0.2, 0) is 4.74 Å². The molecule has 0 aromatic carbocycles. The number of pyridine rings is 1. The van der Waals surface area contributed by atoms with Gasteiger partial charge in [-0.3, -0.25) is 0 Å². The third-order valence-corrected chi connectivity index (χ3v) is 1.61. The number of esters is 1. The number of nitrogens with two attached hydrogens (primary N) is 1. The van der Waals surface area contributed by atoms with Gasteiger partial charge in [0.15, 0.2) is 11.4 Å². The van der Waals surface area contributed by atoms with Crippen LogP contribution in [0.3, 0.4) is 0 Å². The molecule has 0 fully saturated rings. The van der Waals surface area contributed by atoms with Crippen molar-refractivity contribution < 1.29 is 27.4 Å². The molecule has 0 aliphatic carbocycles. The van der Waals surface area contributed by atoms with Crippen LogP contribution >= 0.6 is 0 Å². The van der Waals surface area contributed by atoms with Crippen molar-refractivity contribution in [3.05, 3.63) is 18.0 Å². The number of hydrogen-bond acceptors (Lipinski definition) is 5. The monoisotopic (exact) mass is 250 g/mol.